The third-order valence-electron chi connectivity index (χ3n) is 3.98. The number of halogens is 4. The van der Waals surface area contributed by atoms with E-state index in [1.165, 1.54) is 6.07 Å². The van der Waals surface area contributed by atoms with Crippen molar-refractivity contribution in [1.29, 1.82) is 0 Å². The van der Waals surface area contributed by atoms with Gasteiger partial charge in [-0.3, -0.25) is 0 Å². The van der Waals surface area contributed by atoms with Crippen LogP contribution in [0.2, 0.25) is 0 Å². The second kappa shape index (κ2) is 10.2. The molecule has 144 valence electrons. The molecule has 1 nitrogen and oxygen atoms in total. The molecule has 0 saturated carbocycles. The first-order chi connectivity index (χ1) is 12.4. The van der Waals surface area contributed by atoms with Gasteiger partial charge in [0.2, 0.25) is 0 Å². The Kier molecular flexibility index (Phi) is 8.25. The Labute approximate surface area is 164 Å². The van der Waals surface area contributed by atoms with Gasteiger partial charge < -0.3 is 0 Å². The predicted molar refractivity (Wildman–Crippen MR) is 94.3 cm³/mol. The predicted octanol–water partition coefficient (Wildman–Crippen LogP) is 3.36. The third kappa shape index (κ3) is 6.49. The van der Waals surface area contributed by atoms with E-state index in [-0.39, 0.29) is 0 Å². The first-order valence-electron chi connectivity index (χ1n) is 9.01. The fraction of sp³-hybridized carbons (Fsp3) is 0.429. The molecule has 0 saturated heterocycles. The third-order valence-corrected chi connectivity index (χ3v) is 6.61. The summed E-state index contributed by atoms with van der Waals surface area (Å²) in [4.78, 5) is 0. The molecule has 0 aliphatic heterocycles. The van der Waals surface area contributed by atoms with Crippen LogP contribution in [0.3, 0.4) is 0 Å². The van der Waals surface area contributed by atoms with Crippen molar-refractivity contribution in [3.8, 4) is 5.75 Å². The van der Waals surface area contributed by atoms with Crippen molar-refractivity contribution in [2.45, 2.75) is 52.1 Å². The van der Waals surface area contributed by atoms with E-state index in [2.05, 4.69) is 6.92 Å². The molecule has 0 fully saturated rings. The van der Waals surface area contributed by atoms with Crippen LogP contribution in [-0.2, 0) is 12.6 Å². The van der Waals surface area contributed by atoms with Gasteiger partial charge in [0, 0.05) is 0 Å². The molecule has 2 aromatic rings. The standard InChI is InChI=1S/C21H25F3IO/c1-3-5-7-16-8-9-18(15-20(16)21(22,23)24)25-17-10-12-19(13-11-17)26-14-6-4-2/h8-13,15H,3-7,14H2,1-2H3/q-1. The summed E-state index contributed by atoms with van der Waals surface area (Å²) in [6.45, 7) is 4.79. The van der Waals surface area contributed by atoms with Gasteiger partial charge in [-0.05, 0) is 0 Å². The zero-order valence-electron chi connectivity index (χ0n) is 15.2. The van der Waals surface area contributed by atoms with Crippen LogP contribution in [0.4, 0.5) is 13.2 Å². The Morgan fingerprint density at radius 3 is 2.15 bits per heavy atom. The van der Waals surface area contributed by atoms with Gasteiger partial charge >= 0.3 is 164 Å². The molecule has 0 N–H and O–H groups in total. The first kappa shape index (κ1) is 21.1. The molecule has 0 aliphatic carbocycles. The van der Waals surface area contributed by atoms with Gasteiger partial charge in [-0.25, -0.2) is 0 Å². The van der Waals surface area contributed by atoms with Crippen molar-refractivity contribution < 1.29 is 39.1 Å². The minimum atomic E-state index is -4.29. The molecule has 0 amide bonds. The molecule has 0 radical (unpaired) electrons. The van der Waals surface area contributed by atoms with E-state index >= 15 is 0 Å². The molecule has 0 atom stereocenters. The second-order valence-electron chi connectivity index (χ2n) is 6.15. The molecule has 0 spiro atoms. The average molecular weight is 477 g/mol. The fourth-order valence-electron chi connectivity index (χ4n) is 2.51. The van der Waals surface area contributed by atoms with Gasteiger partial charge in [0.05, 0.1) is 0 Å². The number of unbranched alkanes of at least 4 members (excludes halogenated alkanes) is 2. The van der Waals surface area contributed by atoms with E-state index in [9.17, 15) is 13.2 Å². The van der Waals surface area contributed by atoms with Crippen LogP contribution in [0.25, 0.3) is 0 Å². The van der Waals surface area contributed by atoms with E-state index in [1.807, 2.05) is 37.3 Å². The van der Waals surface area contributed by atoms with Crippen molar-refractivity contribution in [2.75, 3.05) is 6.61 Å². The van der Waals surface area contributed by atoms with Crippen molar-refractivity contribution in [3.63, 3.8) is 0 Å². The monoisotopic (exact) mass is 477 g/mol. The number of hydrogen-bond acceptors (Lipinski definition) is 1. The maximum atomic E-state index is 13.4. The van der Waals surface area contributed by atoms with Crippen LogP contribution in [-0.4, -0.2) is 6.61 Å². The summed E-state index contributed by atoms with van der Waals surface area (Å²) in [5.41, 5.74) is -0.0607. The van der Waals surface area contributed by atoms with Gasteiger partial charge in [-0.15, -0.1) is 0 Å². The topological polar surface area (TPSA) is 9.23 Å². The molecule has 0 unspecified atom stereocenters. The quantitative estimate of drug-likeness (QED) is 0.398. The van der Waals surface area contributed by atoms with Crippen LogP contribution >= 0.6 is 0 Å². The molecular weight excluding hydrogens is 452 g/mol. The summed E-state index contributed by atoms with van der Waals surface area (Å²) in [6, 6.07) is 12.6. The number of benzene rings is 2. The first-order valence-corrected chi connectivity index (χ1v) is 11.2. The van der Waals surface area contributed by atoms with Crippen LogP contribution in [0.1, 0.15) is 50.7 Å². The van der Waals surface area contributed by atoms with Gasteiger partial charge in [0.15, 0.2) is 0 Å². The summed E-state index contributed by atoms with van der Waals surface area (Å²) in [5, 5.41) is 0. The maximum absolute atomic E-state index is 13.4. The van der Waals surface area contributed by atoms with Crippen molar-refractivity contribution >= 4 is 0 Å². The fourth-order valence-corrected chi connectivity index (χ4v) is 4.78. The Bertz CT molecular complexity index is 681. The summed E-state index contributed by atoms with van der Waals surface area (Å²) in [5.74, 6) is 0.817. The molecule has 0 bridgehead atoms. The normalized spacial score (nSPS) is 11.7. The summed E-state index contributed by atoms with van der Waals surface area (Å²) >= 11 is -0.648. The Morgan fingerprint density at radius 1 is 0.885 bits per heavy atom. The van der Waals surface area contributed by atoms with Gasteiger partial charge in [0.1, 0.15) is 0 Å². The van der Waals surface area contributed by atoms with E-state index in [0.717, 1.165) is 38.6 Å². The zero-order valence-corrected chi connectivity index (χ0v) is 17.4. The van der Waals surface area contributed by atoms with E-state index < -0.39 is 32.9 Å². The van der Waals surface area contributed by atoms with Crippen LogP contribution in [0, 0.1) is 7.14 Å². The molecular formula is C21H25F3IO-. The number of hydrogen-bond donors (Lipinski definition) is 0. The van der Waals surface area contributed by atoms with Crippen LogP contribution < -0.4 is 25.9 Å². The van der Waals surface area contributed by atoms with Crippen LogP contribution in [0.5, 0.6) is 5.75 Å². The molecule has 0 aliphatic rings. The van der Waals surface area contributed by atoms with Gasteiger partial charge in [-0.2, -0.15) is 0 Å². The molecule has 5 heteroatoms. The number of alkyl halides is 3. The minimum absolute atomic E-state index is 0.409. The molecule has 0 aromatic heterocycles. The summed E-state index contributed by atoms with van der Waals surface area (Å²) in [6.07, 6.45) is -0.0538. The Balaban J connectivity index is 2.11. The zero-order chi connectivity index (χ0) is 19.0. The van der Waals surface area contributed by atoms with E-state index in [4.69, 9.17) is 4.74 Å². The second-order valence-corrected chi connectivity index (χ2v) is 9.18. The molecule has 2 rings (SSSR count). The number of aryl methyl sites for hydroxylation is 1. The Morgan fingerprint density at radius 2 is 1.54 bits per heavy atom. The van der Waals surface area contributed by atoms with Crippen LogP contribution in [0.15, 0.2) is 42.5 Å². The Hall–Kier alpha value is -1.24. The summed E-state index contributed by atoms with van der Waals surface area (Å²) < 4.78 is 47.7. The van der Waals surface area contributed by atoms with E-state index in [1.54, 1.807) is 6.07 Å². The van der Waals surface area contributed by atoms with Crippen molar-refractivity contribution in [1.82, 2.24) is 0 Å². The van der Waals surface area contributed by atoms with Crippen molar-refractivity contribution in [3.05, 3.63) is 60.7 Å². The molecule has 2 aromatic carbocycles. The average Bonchev–Trinajstić information content (AvgIpc) is 2.61. The van der Waals surface area contributed by atoms with Gasteiger partial charge in [0.25, 0.3) is 0 Å². The summed E-state index contributed by atoms with van der Waals surface area (Å²) in [7, 11) is 0. The number of rotatable bonds is 9. The number of ether oxygens (including phenoxy) is 1. The molecule has 26 heavy (non-hydrogen) atoms. The SMILES string of the molecule is CCCCOc1ccc([I-]c2ccc(CCCC)c(C(F)(F)F)c2)cc1. The molecule has 0 heterocycles. The van der Waals surface area contributed by atoms with E-state index in [0.29, 0.717) is 18.6 Å². The van der Waals surface area contributed by atoms with Crippen molar-refractivity contribution in [2.24, 2.45) is 0 Å². The van der Waals surface area contributed by atoms with Gasteiger partial charge in [-0.1, -0.05) is 0 Å².